The lowest BCUT2D eigenvalue weighted by molar-refractivity contribution is -0.233. The van der Waals surface area contributed by atoms with Crippen LogP contribution in [0.4, 0.5) is 0 Å². The van der Waals surface area contributed by atoms with Crippen LogP contribution in [0.25, 0.3) is 0 Å². The number of aliphatic hydroxyl groups excluding tert-OH is 2. The van der Waals surface area contributed by atoms with E-state index in [9.17, 15) is 10.2 Å². The van der Waals surface area contributed by atoms with Crippen molar-refractivity contribution in [3.63, 3.8) is 0 Å². The Kier molecular flexibility index (Phi) is 2.41. The van der Waals surface area contributed by atoms with Gasteiger partial charge >= 0.3 is 0 Å². The standard InChI is InChI=1S/C12H16O4/c13-9-6-15-12-8(11(9)14)5-7-3-1-2-4-10(7)16-12/h2,4,7-8,10,12-14H,1,3,5-6H2. The van der Waals surface area contributed by atoms with Crippen molar-refractivity contribution in [1.82, 2.24) is 0 Å². The number of aliphatic hydroxyl groups is 2. The molecule has 4 heteroatoms. The maximum absolute atomic E-state index is 9.81. The lowest BCUT2D eigenvalue weighted by atomic mass is 9.80. The fourth-order valence-electron chi connectivity index (χ4n) is 2.80. The molecule has 4 nitrogen and oxygen atoms in total. The van der Waals surface area contributed by atoms with E-state index < -0.39 is 6.29 Å². The Morgan fingerprint density at radius 3 is 3.06 bits per heavy atom. The zero-order chi connectivity index (χ0) is 11.1. The molecular formula is C12H16O4. The van der Waals surface area contributed by atoms with E-state index in [-0.39, 0.29) is 30.1 Å². The van der Waals surface area contributed by atoms with Crippen molar-refractivity contribution in [3.05, 3.63) is 23.7 Å². The Morgan fingerprint density at radius 1 is 1.31 bits per heavy atom. The molecule has 3 rings (SSSR count). The zero-order valence-electron chi connectivity index (χ0n) is 9.00. The molecule has 3 aliphatic rings. The first-order valence-corrected chi connectivity index (χ1v) is 5.80. The summed E-state index contributed by atoms with van der Waals surface area (Å²) in [5.74, 6) is 0.253. The Balaban J connectivity index is 1.83. The van der Waals surface area contributed by atoms with Crippen LogP contribution in [-0.4, -0.2) is 29.2 Å². The van der Waals surface area contributed by atoms with Crippen LogP contribution in [0.3, 0.4) is 0 Å². The minimum absolute atomic E-state index is 0.0466. The molecule has 0 bridgehead atoms. The molecule has 2 N–H and O–H groups in total. The van der Waals surface area contributed by atoms with Gasteiger partial charge in [-0.05, 0) is 25.2 Å². The molecule has 0 aromatic heterocycles. The van der Waals surface area contributed by atoms with Gasteiger partial charge in [0.2, 0.25) is 0 Å². The van der Waals surface area contributed by atoms with Gasteiger partial charge in [-0.1, -0.05) is 12.2 Å². The molecular weight excluding hydrogens is 208 g/mol. The van der Waals surface area contributed by atoms with Gasteiger partial charge in [0, 0.05) is 0 Å². The number of allylic oxidation sites excluding steroid dienone is 1. The molecule has 2 aliphatic heterocycles. The van der Waals surface area contributed by atoms with Crippen LogP contribution in [0.5, 0.6) is 0 Å². The molecule has 2 heterocycles. The summed E-state index contributed by atoms with van der Waals surface area (Å²) in [4.78, 5) is 0. The molecule has 0 aromatic carbocycles. The molecule has 1 aliphatic carbocycles. The molecule has 1 saturated heterocycles. The Labute approximate surface area is 94.2 Å². The van der Waals surface area contributed by atoms with E-state index in [1.54, 1.807) is 0 Å². The van der Waals surface area contributed by atoms with Crippen molar-refractivity contribution in [2.24, 2.45) is 11.8 Å². The van der Waals surface area contributed by atoms with E-state index in [0.29, 0.717) is 5.92 Å². The second-order valence-electron chi connectivity index (χ2n) is 4.72. The van der Waals surface area contributed by atoms with Gasteiger partial charge in [0.25, 0.3) is 0 Å². The van der Waals surface area contributed by atoms with Crippen molar-refractivity contribution < 1.29 is 19.7 Å². The van der Waals surface area contributed by atoms with Crippen molar-refractivity contribution in [2.75, 3.05) is 6.61 Å². The van der Waals surface area contributed by atoms with Gasteiger partial charge in [0.1, 0.15) is 12.4 Å². The summed E-state index contributed by atoms with van der Waals surface area (Å²) in [5, 5.41) is 19.3. The van der Waals surface area contributed by atoms with Crippen molar-refractivity contribution in [2.45, 2.75) is 31.7 Å². The van der Waals surface area contributed by atoms with Gasteiger partial charge in [0.15, 0.2) is 12.0 Å². The summed E-state index contributed by atoms with van der Waals surface area (Å²) in [6.45, 7) is 0.0497. The average Bonchev–Trinajstić information content (AvgIpc) is 2.32. The summed E-state index contributed by atoms with van der Waals surface area (Å²) in [6, 6.07) is 0. The maximum atomic E-state index is 9.81. The molecule has 88 valence electrons. The third-order valence-corrected chi connectivity index (χ3v) is 3.70. The van der Waals surface area contributed by atoms with Gasteiger partial charge in [-0.25, -0.2) is 0 Å². The number of rotatable bonds is 0. The van der Waals surface area contributed by atoms with Crippen LogP contribution in [0.15, 0.2) is 23.7 Å². The summed E-state index contributed by atoms with van der Waals surface area (Å²) in [7, 11) is 0. The average molecular weight is 224 g/mol. The summed E-state index contributed by atoms with van der Waals surface area (Å²) >= 11 is 0. The SMILES string of the molecule is OC1=C(O)C2CC3CCC=CC3OC2OC1. The first-order chi connectivity index (χ1) is 7.75. The minimum Gasteiger partial charge on any atom is -0.508 e. The molecule has 0 radical (unpaired) electrons. The van der Waals surface area contributed by atoms with E-state index in [1.807, 2.05) is 0 Å². The molecule has 0 amide bonds. The van der Waals surface area contributed by atoms with Gasteiger partial charge < -0.3 is 19.7 Å². The zero-order valence-corrected chi connectivity index (χ0v) is 9.00. The number of fused-ring (bicyclic) bond motifs is 2. The molecule has 16 heavy (non-hydrogen) atoms. The predicted octanol–water partition coefficient (Wildman–Crippen LogP) is 2.04. The first-order valence-electron chi connectivity index (χ1n) is 5.80. The molecule has 4 unspecified atom stereocenters. The summed E-state index contributed by atoms with van der Waals surface area (Å²) < 4.78 is 11.2. The maximum Gasteiger partial charge on any atom is 0.168 e. The van der Waals surface area contributed by atoms with Gasteiger partial charge in [-0.3, -0.25) is 0 Å². The highest BCUT2D eigenvalue weighted by Crippen LogP contribution is 2.40. The van der Waals surface area contributed by atoms with E-state index >= 15 is 0 Å². The molecule has 0 saturated carbocycles. The second-order valence-corrected chi connectivity index (χ2v) is 4.72. The Bertz CT molecular complexity index is 347. The van der Waals surface area contributed by atoms with Crippen molar-refractivity contribution in [3.8, 4) is 0 Å². The Hall–Kier alpha value is -1.00. The van der Waals surface area contributed by atoms with Crippen LogP contribution < -0.4 is 0 Å². The third kappa shape index (κ3) is 1.53. The lowest BCUT2D eigenvalue weighted by Crippen LogP contribution is -2.45. The third-order valence-electron chi connectivity index (χ3n) is 3.70. The van der Waals surface area contributed by atoms with E-state index in [1.165, 1.54) is 0 Å². The highest BCUT2D eigenvalue weighted by molar-refractivity contribution is 5.12. The topological polar surface area (TPSA) is 58.9 Å². The number of hydrogen-bond donors (Lipinski definition) is 2. The largest absolute Gasteiger partial charge is 0.508 e. The number of ether oxygens (including phenoxy) is 2. The van der Waals surface area contributed by atoms with Crippen LogP contribution in [0, 0.1) is 11.8 Å². The Morgan fingerprint density at radius 2 is 2.19 bits per heavy atom. The van der Waals surface area contributed by atoms with E-state index in [0.717, 1.165) is 19.3 Å². The van der Waals surface area contributed by atoms with Gasteiger partial charge in [0.05, 0.1) is 12.0 Å². The predicted molar refractivity (Wildman–Crippen MR) is 56.9 cm³/mol. The van der Waals surface area contributed by atoms with E-state index in [4.69, 9.17) is 9.47 Å². The lowest BCUT2D eigenvalue weighted by Gasteiger charge is -2.43. The van der Waals surface area contributed by atoms with Gasteiger partial charge in [-0.15, -0.1) is 0 Å². The normalized spacial score (nSPS) is 42.8. The fraction of sp³-hybridized carbons (Fsp3) is 0.667. The van der Waals surface area contributed by atoms with E-state index in [2.05, 4.69) is 12.2 Å². The van der Waals surface area contributed by atoms with Crippen molar-refractivity contribution in [1.29, 1.82) is 0 Å². The van der Waals surface area contributed by atoms with Crippen LogP contribution in [-0.2, 0) is 9.47 Å². The summed E-state index contributed by atoms with van der Waals surface area (Å²) in [5.41, 5.74) is 0. The molecule has 0 spiro atoms. The number of hydrogen-bond acceptors (Lipinski definition) is 4. The summed E-state index contributed by atoms with van der Waals surface area (Å²) in [6.07, 6.45) is 6.91. The van der Waals surface area contributed by atoms with Gasteiger partial charge in [-0.2, -0.15) is 0 Å². The van der Waals surface area contributed by atoms with Crippen molar-refractivity contribution >= 4 is 0 Å². The second kappa shape index (κ2) is 3.79. The highest BCUT2D eigenvalue weighted by Gasteiger charge is 2.43. The molecule has 4 atom stereocenters. The monoisotopic (exact) mass is 224 g/mol. The van der Waals surface area contributed by atoms with Crippen LogP contribution >= 0.6 is 0 Å². The van der Waals surface area contributed by atoms with Crippen LogP contribution in [0.1, 0.15) is 19.3 Å². The fourth-order valence-corrected chi connectivity index (χ4v) is 2.80. The highest BCUT2D eigenvalue weighted by atomic mass is 16.7. The minimum atomic E-state index is -0.403. The smallest absolute Gasteiger partial charge is 0.168 e. The molecule has 0 aromatic rings. The first kappa shape index (κ1) is 10.2. The quantitative estimate of drug-likeness (QED) is 0.618. The molecule has 1 fully saturated rings. The van der Waals surface area contributed by atoms with Crippen LogP contribution in [0.2, 0.25) is 0 Å².